The van der Waals surface area contributed by atoms with Crippen molar-refractivity contribution in [3.8, 4) is 0 Å². The van der Waals surface area contributed by atoms with Gasteiger partial charge >= 0.3 is 0 Å². The van der Waals surface area contributed by atoms with Crippen molar-refractivity contribution in [3.05, 3.63) is 59.8 Å². The average molecular weight is 258 g/mol. The lowest BCUT2D eigenvalue weighted by molar-refractivity contribution is 0.592. The molecule has 0 N–H and O–H groups in total. The van der Waals surface area contributed by atoms with Crippen molar-refractivity contribution in [1.82, 2.24) is 0 Å². The summed E-state index contributed by atoms with van der Waals surface area (Å²) < 4.78 is 0. The first-order valence-corrected chi connectivity index (χ1v) is 7.17. The van der Waals surface area contributed by atoms with E-state index in [4.69, 9.17) is 0 Å². The van der Waals surface area contributed by atoms with Gasteiger partial charge in [-0.3, -0.25) is 0 Å². The standard InChI is InChI=1S/C19H30/c1-8-11-17(5)12-10-15-19(6,7)18(9-2)14-13-16(3)4/h8-16H,1-7H3/b11-8-,14-13-,15-10+,17-12-,18-9+. The molecule has 106 valence electrons. The van der Waals surface area contributed by atoms with E-state index in [1.54, 1.807) is 0 Å². The summed E-state index contributed by atoms with van der Waals surface area (Å²) in [5, 5.41) is 0. The molecule has 0 nitrogen and oxygen atoms in total. The second-order valence-corrected chi connectivity index (χ2v) is 5.84. The van der Waals surface area contributed by atoms with Crippen molar-refractivity contribution in [2.24, 2.45) is 11.3 Å². The molecule has 0 rings (SSSR count). The van der Waals surface area contributed by atoms with Crippen molar-refractivity contribution in [2.45, 2.75) is 48.5 Å². The molecule has 0 aliphatic rings. The van der Waals surface area contributed by atoms with Crippen LogP contribution in [0.4, 0.5) is 0 Å². The third-order valence-corrected chi connectivity index (χ3v) is 3.02. The van der Waals surface area contributed by atoms with Crippen LogP contribution in [0.5, 0.6) is 0 Å². The molecule has 0 unspecified atom stereocenters. The Bertz CT molecular complexity index is 396. The monoisotopic (exact) mass is 258 g/mol. The van der Waals surface area contributed by atoms with Gasteiger partial charge in [0, 0.05) is 5.41 Å². The number of allylic oxidation sites excluding steroid dienone is 10. The molecular formula is C19H30. The van der Waals surface area contributed by atoms with Crippen molar-refractivity contribution >= 4 is 0 Å². The van der Waals surface area contributed by atoms with Gasteiger partial charge in [-0.05, 0) is 32.3 Å². The second kappa shape index (κ2) is 8.74. The lowest BCUT2D eigenvalue weighted by Crippen LogP contribution is -2.09. The zero-order chi connectivity index (χ0) is 14.9. The molecule has 0 aromatic carbocycles. The Hall–Kier alpha value is -1.30. The number of hydrogen-bond acceptors (Lipinski definition) is 0. The van der Waals surface area contributed by atoms with E-state index in [-0.39, 0.29) is 5.41 Å². The molecule has 0 spiro atoms. The second-order valence-electron chi connectivity index (χ2n) is 5.84. The Morgan fingerprint density at radius 3 is 2.16 bits per heavy atom. The van der Waals surface area contributed by atoms with Gasteiger partial charge in [-0.2, -0.15) is 0 Å². The van der Waals surface area contributed by atoms with E-state index in [9.17, 15) is 0 Å². The van der Waals surface area contributed by atoms with Gasteiger partial charge in [0.05, 0.1) is 0 Å². The van der Waals surface area contributed by atoms with Crippen LogP contribution >= 0.6 is 0 Å². The van der Waals surface area contributed by atoms with Gasteiger partial charge in [-0.25, -0.2) is 0 Å². The smallest absolute Gasteiger partial charge is 0.00750 e. The van der Waals surface area contributed by atoms with Crippen molar-refractivity contribution in [1.29, 1.82) is 0 Å². The van der Waals surface area contributed by atoms with Crippen LogP contribution in [0.3, 0.4) is 0 Å². The van der Waals surface area contributed by atoms with Crippen LogP contribution < -0.4 is 0 Å². The predicted octanol–water partition coefficient (Wildman–Crippen LogP) is 6.25. The largest absolute Gasteiger partial charge is 0.0874 e. The minimum absolute atomic E-state index is 0.0624. The summed E-state index contributed by atoms with van der Waals surface area (Å²) in [5.41, 5.74) is 2.69. The zero-order valence-electron chi connectivity index (χ0n) is 13.7. The molecule has 0 aliphatic heterocycles. The van der Waals surface area contributed by atoms with Gasteiger partial charge in [0.1, 0.15) is 0 Å². The van der Waals surface area contributed by atoms with Gasteiger partial charge in [-0.1, -0.05) is 81.9 Å². The maximum atomic E-state index is 2.26. The summed E-state index contributed by atoms with van der Waals surface area (Å²) in [6, 6.07) is 0. The van der Waals surface area contributed by atoms with Gasteiger partial charge in [-0.15, -0.1) is 0 Å². The maximum Gasteiger partial charge on any atom is 0.00750 e. The Kier molecular flexibility index (Phi) is 8.14. The minimum atomic E-state index is 0.0624. The minimum Gasteiger partial charge on any atom is -0.0874 e. The molecule has 0 amide bonds. The number of rotatable bonds is 6. The van der Waals surface area contributed by atoms with Crippen molar-refractivity contribution in [2.75, 3.05) is 0 Å². The molecule has 0 fully saturated rings. The maximum absolute atomic E-state index is 2.26. The summed E-state index contributed by atoms with van der Waals surface area (Å²) in [6.45, 7) is 15.2. The topological polar surface area (TPSA) is 0 Å². The highest BCUT2D eigenvalue weighted by Gasteiger charge is 2.16. The van der Waals surface area contributed by atoms with E-state index in [1.165, 1.54) is 11.1 Å². The molecule has 0 heteroatoms. The number of hydrogen-bond donors (Lipinski definition) is 0. The first-order valence-electron chi connectivity index (χ1n) is 7.17. The van der Waals surface area contributed by atoms with E-state index >= 15 is 0 Å². The molecule has 0 saturated carbocycles. The summed E-state index contributed by atoms with van der Waals surface area (Å²) in [5.74, 6) is 0.589. The van der Waals surface area contributed by atoms with Crippen LogP contribution in [0.15, 0.2) is 59.8 Å². The molecule has 0 atom stereocenters. The Morgan fingerprint density at radius 2 is 1.68 bits per heavy atom. The molecule has 0 aromatic heterocycles. The van der Waals surface area contributed by atoms with Gasteiger partial charge < -0.3 is 0 Å². The van der Waals surface area contributed by atoms with Crippen LogP contribution in [0, 0.1) is 11.3 Å². The SMILES string of the molecule is C\C=C/C(C)=C\C=C\C(C)(C)C(/C=C\C(C)C)=C/C. The average Bonchev–Trinajstić information content (AvgIpc) is 2.29. The molecule has 0 saturated heterocycles. The van der Waals surface area contributed by atoms with Gasteiger partial charge in [0.15, 0.2) is 0 Å². The molecule has 0 aliphatic carbocycles. The summed E-state index contributed by atoms with van der Waals surface area (Å²) in [4.78, 5) is 0. The fourth-order valence-corrected chi connectivity index (χ4v) is 1.83. The normalized spacial score (nSPS) is 15.6. The van der Waals surface area contributed by atoms with E-state index in [0.717, 1.165) is 0 Å². The van der Waals surface area contributed by atoms with E-state index in [0.29, 0.717) is 5.92 Å². The first kappa shape index (κ1) is 17.7. The highest BCUT2D eigenvalue weighted by atomic mass is 14.2. The van der Waals surface area contributed by atoms with Crippen LogP contribution in [0.1, 0.15) is 48.5 Å². The highest BCUT2D eigenvalue weighted by molar-refractivity contribution is 5.32. The fourth-order valence-electron chi connectivity index (χ4n) is 1.83. The van der Waals surface area contributed by atoms with E-state index in [2.05, 4.69) is 90.2 Å². The lowest BCUT2D eigenvalue weighted by Gasteiger charge is -2.22. The Labute approximate surface area is 120 Å². The molecule has 19 heavy (non-hydrogen) atoms. The molecule has 0 bridgehead atoms. The summed E-state index contributed by atoms with van der Waals surface area (Å²) in [6.07, 6.45) is 17.5. The third kappa shape index (κ3) is 7.66. The van der Waals surface area contributed by atoms with Crippen LogP contribution in [-0.2, 0) is 0 Å². The Morgan fingerprint density at radius 1 is 1.05 bits per heavy atom. The van der Waals surface area contributed by atoms with Crippen LogP contribution in [0.2, 0.25) is 0 Å². The first-order chi connectivity index (χ1) is 8.83. The van der Waals surface area contributed by atoms with E-state index in [1.807, 2.05) is 6.92 Å². The fraction of sp³-hybridized carbons (Fsp3) is 0.474. The van der Waals surface area contributed by atoms with Gasteiger partial charge in [0.25, 0.3) is 0 Å². The van der Waals surface area contributed by atoms with Crippen LogP contribution in [-0.4, -0.2) is 0 Å². The van der Waals surface area contributed by atoms with Crippen molar-refractivity contribution < 1.29 is 0 Å². The van der Waals surface area contributed by atoms with E-state index < -0.39 is 0 Å². The molecule has 0 aromatic rings. The molecule has 0 radical (unpaired) electrons. The van der Waals surface area contributed by atoms with Crippen molar-refractivity contribution in [3.63, 3.8) is 0 Å². The Balaban J connectivity index is 4.95. The highest BCUT2D eigenvalue weighted by Crippen LogP contribution is 2.29. The summed E-state index contributed by atoms with van der Waals surface area (Å²) in [7, 11) is 0. The summed E-state index contributed by atoms with van der Waals surface area (Å²) >= 11 is 0. The zero-order valence-corrected chi connectivity index (χ0v) is 13.7. The van der Waals surface area contributed by atoms with Crippen LogP contribution in [0.25, 0.3) is 0 Å². The molecule has 0 heterocycles. The third-order valence-electron chi connectivity index (χ3n) is 3.02. The lowest BCUT2D eigenvalue weighted by atomic mass is 9.83. The quantitative estimate of drug-likeness (QED) is 0.494. The van der Waals surface area contributed by atoms with Gasteiger partial charge in [0.2, 0.25) is 0 Å². The predicted molar refractivity (Wildman–Crippen MR) is 89.2 cm³/mol. The molecular weight excluding hydrogens is 228 g/mol.